The third-order valence-electron chi connectivity index (χ3n) is 6.24. The number of primary sulfonamides is 1. The van der Waals surface area contributed by atoms with Crippen LogP contribution in [0.5, 0.6) is 5.75 Å². The SMILES string of the molecule is Cc1nn(-c2cc(OC3CN(C(=O)N4N=CCC4c4cc(F)cc(F)c4)C3)c(F)cn2)c(C)c1S(N)(=O)=O. The number of ether oxygens (including phenoxy) is 1. The van der Waals surface area contributed by atoms with E-state index in [-0.39, 0.29) is 46.5 Å². The molecule has 15 heteroatoms. The summed E-state index contributed by atoms with van der Waals surface area (Å²) in [6.45, 7) is 3.19. The van der Waals surface area contributed by atoms with Gasteiger partial charge in [-0.15, -0.1) is 0 Å². The van der Waals surface area contributed by atoms with Gasteiger partial charge in [-0.05, 0) is 31.5 Å². The van der Waals surface area contributed by atoms with Gasteiger partial charge in [0.25, 0.3) is 0 Å². The number of carbonyl (C=O) groups is 1. The van der Waals surface area contributed by atoms with Crippen LogP contribution in [0.3, 0.4) is 0 Å². The number of likely N-dealkylation sites (tertiary alicyclic amines) is 1. The molecule has 2 aliphatic rings. The molecule has 2 aliphatic heterocycles. The number of aryl methyl sites for hydroxylation is 1. The summed E-state index contributed by atoms with van der Waals surface area (Å²) < 4.78 is 72.6. The second-order valence-corrected chi connectivity index (χ2v) is 10.5. The van der Waals surface area contributed by atoms with E-state index < -0.39 is 45.7 Å². The Labute approximate surface area is 215 Å². The number of pyridine rings is 1. The zero-order chi connectivity index (χ0) is 27.4. The van der Waals surface area contributed by atoms with Crippen LogP contribution >= 0.6 is 0 Å². The van der Waals surface area contributed by atoms with Gasteiger partial charge in [0.05, 0.1) is 36.7 Å². The van der Waals surface area contributed by atoms with Crippen molar-refractivity contribution in [3.05, 3.63) is 64.9 Å². The highest BCUT2D eigenvalue weighted by Gasteiger charge is 2.39. The normalized spacial score (nSPS) is 17.7. The Morgan fingerprint density at radius 1 is 1.11 bits per heavy atom. The lowest BCUT2D eigenvalue weighted by molar-refractivity contribution is 0.0256. The molecule has 0 saturated carbocycles. The number of carbonyl (C=O) groups excluding carboxylic acids is 1. The zero-order valence-electron chi connectivity index (χ0n) is 20.2. The molecule has 38 heavy (non-hydrogen) atoms. The van der Waals surface area contributed by atoms with Gasteiger partial charge in [0.1, 0.15) is 22.6 Å². The summed E-state index contributed by atoms with van der Waals surface area (Å²) in [6.07, 6.45) is 2.15. The summed E-state index contributed by atoms with van der Waals surface area (Å²) in [4.78, 5) is 18.2. The van der Waals surface area contributed by atoms with Crippen LogP contribution in [0.15, 0.2) is 40.5 Å². The van der Waals surface area contributed by atoms with Crippen LogP contribution in [0.4, 0.5) is 18.0 Å². The van der Waals surface area contributed by atoms with Crippen molar-refractivity contribution >= 4 is 22.3 Å². The van der Waals surface area contributed by atoms with E-state index in [1.807, 2.05) is 0 Å². The third-order valence-corrected chi connectivity index (χ3v) is 7.40. The summed E-state index contributed by atoms with van der Waals surface area (Å²) >= 11 is 0. The second kappa shape index (κ2) is 9.40. The molecule has 2 aromatic heterocycles. The van der Waals surface area contributed by atoms with Gasteiger partial charge in [-0.25, -0.2) is 46.2 Å². The van der Waals surface area contributed by atoms with Crippen LogP contribution in [0.2, 0.25) is 0 Å². The highest BCUT2D eigenvalue weighted by molar-refractivity contribution is 7.89. The second-order valence-electron chi connectivity index (χ2n) is 8.95. The molecule has 0 aliphatic carbocycles. The molecule has 0 spiro atoms. The summed E-state index contributed by atoms with van der Waals surface area (Å²) in [6, 6.07) is 3.19. The van der Waals surface area contributed by atoms with Crippen molar-refractivity contribution < 1.29 is 31.1 Å². The topological polar surface area (TPSA) is 136 Å². The number of nitrogens with zero attached hydrogens (tertiary/aromatic N) is 6. The van der Waals surface area contributed by atoms with Gasteiger partial charge in [-0.1, -0.05) is 0 Å². The van der Waals surface area contributed by atoms with E-state index in [9.17, 15) is 26.4 Å². The first-order chi connectivity index (χ1) is 17.9. The molecule has 3 aromatic rings. The number of benzene rings is 1. The largest absolute Gasteiger partial charge is 0.483 e. The van der Waals surface area contributed by atoms with E-state index in [4.69, 9.17) is 9.88 Å². The minimum atomic E-state index is -4.04. The molecule has 1 fully saturated rings. The molecule has 1 aromatic carbocycles. The Morgan fingerprint density at radius 2 is 1.79 bits per heavy atom. The van der Waals surface area contributed by atoms with Gasteiger partial charge in [0.2, 0.25) is 10.0 Å². The van der Waals surface area contributed by atoms with Crippen molar-refractivity contribution in [2.45, 2.75) is 37.3 Å². The van der Waals surface area contributed by atoms with Crippen LogP contribution in [-0.2, 0) is 10.0 Å². The number of hydrogen-bond acceptors (Lipinski definition) is 7. The molecule has 11 nitrogen and oxygen atoms in total. The minimum absolute atomic E-state index is 0.112. The molecule has 5 rings (SSSR count). The molecule has 0 bridgehead atoms. The first kappa shape index (κ1) is 25.7. The van der Waals surface area contributed by atoms with Gasteiger partial charge >= 0.3 is 6.03 Å². The monoisotopic (exact) mass is 549 g/mol. The van der Waals surface area contributed by atoms with Crippen LogP contribution in [0.1, 0.15) is 29.4 Å². The van der Waals surface area contributed by atoms with Gasteiger partial charge in [0.15, 0.2) is 17.4 Å². The van der Waals surface area contributed by atoms with E-state index >= 15 is 0 Å². The number of halogens is 3. The maximum Gasteiger partial charge on any atom is 0.341 e. The maximum atomic E-state index is 14.5. The van der Waals surface area contributed by atoms with Gasteiger partial charge < -0.3 is 9.64 Å². The van der Waals surface area contributed by atoms with E-state index in [0.29, 0.717) is 6.42 Å². The molecule has 0 radical (unpaired) electrons. The van der Waals surface area contributed by atoms with Crippen molar-refractivity contribution in [1.82, 2.24) is 24.7 Å². The molecule has 4 heterocycles. The summed E-state index contributed by atoms with van der Waals surface area (Å²) in [5, 5.41) is 14.6. The molecule has 2 amide bonds. The third kappa shape index (κ3) is 4.69. The van der Waals surface area contributed by atoms with Crippen molar-refractivity contribution in [3.8, 4) is 11.6 Å². The maximum absolute atomic E-state index is 14.5. The average Bonchev–Trinajstić information content (AvgIpc) is 3.40. The lowest BCUT2D eigenvalue weighted by atomic mass is 10.0. The lowest BCUT2D eigenvalue weighted by Crippen LogP contribution is -2.58. The van der Waals surface area contributed by atoms with Crippen molar-refractivity contribution in [3.63, 3.8) is 0 Å². The van der Waals surface area contributed by atoms with Crippen LogP contribution in [-0.4, -0.2) is 64.5 Å². The Morgan fingerprint density at radius 3 is 2.42 bits per heavy atom. The number of nitrogens with two attached hydrogens (primary N) is 1. The van der Waals surface area contributed by atoms with Gasteiger partial charge in [-0.3, -0.25) is 0 Å². The van der Waals surface area contributed by atoms with Crippen molar-refractivity contribution in [2.75, 3.05) is 13.1 Å². The standard InChI is InChI=1S/C23H22F3N7O4S/c1-12-22(38(27,35)36)13(2)32(30-12)21-8-20(18(26)9-28-21)37-17-10-31(11-17)23(34)33-19(3-4-29-33)14-5-15(24)7-16(25)6-14/h4-9,17,19H,3,10-11H2,1-2H3,(H2,27,35,36). The first-order valence-corrected chi connectivity index (χ1v) is 12.9. The Balaban J connectivity index is 1.27. The van der Waals surface area contributed by atoms with E-state index in [0.717, 1.165) is 29.4 Å². The molecule has 1 atom stereocenters. The average molecular weight is 550 g/mol. The molecular formula is C23H22F3N7O4S. The number of urea groups is 1. The van der Waals surface area contributed by atoms with Crippen molar-refractivity contribution in [2.24, 2.45) is 10.2 Å². The predicted octanol–water partition coefficient (Wildman–Crippen LogP) is 2.56. The van der Waals surface area contributed by atoms with Crippen molar-refractivity contribution in [1.29, 1.82) is 0 Å². The van der Waals surface area contributed by atoms with E-state index in [1.165, 1.54) is 35.7 Å². The molecular weight excluding hydrogens is 527 g/mol. The van der Waals surface area contributed by atoms with E-state index in [1.54, 1.807) is 0 Å². The van der Waals surface area contributed by atoms with E-state index in [2.05, 4.69) is 15.2 Å². The number of rotatable bonds is 5. The highest BCUT2D eigenvalue weighted by atomic mass is 32.2. The quantitative estimate of drug-likeness (QED) is 0.520. The Hall–Kier alpha value is -3.98. The first-order valence-electron chi connectivity index (χ1n) is 11.4. The molecule has 1 unspecified atom stereocenters. The fourth-order valence-electron chi connectivity index (χ4n) is 4.52. The summed E-state index contributed by atoms with van der Waals surface area (Å²) in [5.74, 6) is -2.32. The molecule has 200 valence electrons. The summed E-state index contributed by atoms with van der Waals surface area (Å²) in [5.41, 5.74) is 0.646. The number of hydrazone groups is 1. The minimum Gasteiger partial charge on any atom is -0.483 e. The Bertz CT molecular complexity index is 1550. The van der Waals surface area contributed by atoms with Crippen LogP contribution in [0.25, 0.3) is 5.82 Å². The number of aromatic nitrogens is 3. The number of amides is 2. The fraction of sp³-hybridized carbons (Fsp3) is 0.304. The fourth-order valence-corrected chi connectivity index (χ4v) is 5.47. The molecule has 1 saturated heterocycles. The lowest BCUT2D eigenvalue weighted by Gasteiger charge is -2.41. The van der Waals surface area contributed by atoms with Crippen LogP contribution < -0.4 is 9.88 Å². The highest BCUT2D eigenvalue weighted by Crippen LogP contribution is 2.32. The predicted molar refractivity (Wildman–Crippen MR) is 128 cm³/mol. The Kier molecular flexibility index (Phi) is 6.35. The van der Waals surface area contributed by atoms with Gasteiger partial charge in [0, 0.05) is 24.8 Å². The van der Waals surface area contributed by atoms with Gasteiger partial charge in [-0.2, -0.15) is 10.2 Å². The van der Waals surface area contributed by atoms with Crippen LogP contribution in [0, 0.1) is 31.3 Å². The number of sulfonamides is 1. The molecule has 2 N–H and O–H groups in total. The number of hydrogen-bond donors (Lipinski definition) is 1. The smallest absolute Gasteiger partial charge is 0.341 e. The zero-order valence-corrected chi connectivity index (χ0v) is 21.0. The summed E-state index contributed by atoms with van der Waals surface area (Å²) in [7, 11) is -4.04.